The average Bonchev–Trinajstić information content (AvgIpc) is 3.27. The standard InChI is InChI=1S/C22H18N6O3/c29-20(15-28-26-21(24-27-28)16-8-3-1-4-9-16)23-25-22(30)17-10-7-13-19(14-17)31-18-11-5-2-6-12-18/h1-14H,15H2,(H,23,29)(H,25,30). The number of hydrazine groups is 1. The largest absolute Gasteiger partial charge is 0.457 e. The predicted molar refractivity (Wildman–Crippen MR) is 112 cm³/mol. The number of tetrazole rings is 1. The van der Waals surface area contributed by atoms with E-state index >= 15 is 0 Å². The zero-order chi connectivity index (χ0) is 21.5. The Balaban J connectivity index is 1.31. The summed E-state index contributed by atoms with van der Waals surface area (Å²) in [5, 5.41) is 11.9. The van der Waals surface area contributed by atoms with Gasteiger partial charge in [-0.1, -0.05) is 54.6 Å². The summed E-state index contributed by atoms with van der Waals surface area (Å²) >= 11 is 0. The molecule has 0 spiro atoms. The van der Waals surface area contributed by atoms with Gasteiger partial charge in [0.2, 0.25) is 5.82 Å². The van der Waals surface area contributed by atoms with E-state index in [9.17, 15) is 9.59 Å². The molecular weight excluding hydrogens is 396 g/mol. The zero-order valence-electron chi connectivity index (χ0n) is 16.3. The molecule has 0 atom stereocenters. The maximum absolute atomic E-state index is 12.4. The number of ether oxygens (including phenoxy) is 1. The van der Waals surface area contributed by atoms with Gasteiger partial charge in [0.15, 0.2) is 0 Å². The summed E-state index contributed by atoms with van der Waals surface area (Å²) in [5.41, 5.74) is 5.83. The summed E-state index contributed by atoms with van der Waals surface area (Å²) in [6.45, 7) is -0.197. The smallest absolute Gasteiger partial charge is 0.269 e. The van der Waals surface area contributed by atoms with Crippen molar-refractivity contribution >= 4 is 11.8 Å². The number of aromatic nitrogens is 4. The van der Waals surface area contributed by atoms with Crippen LogP contribution in [0.5, 0.6) is 11.5 Å². The maximum Gasteiger partial charge on any atom is 0.269 e. The van der Waals surface area contributed by atoms with E-state index in [1.165, 1.54) is 0 Å². The van der Waals surface area contributed by atoms with E-state index in [0.717, 1.165) is 10.4 Å². The lowest BCUT2D eigenvalue weighted by molar-refractivity contribution is -0.122. The molecule has 0 fully saturated rings. The number of nitrogens with zero attached hydrogens (tertiary/aromatic N) is 4. The van der Waals surface area contributed by atoms with E-state index in [0.29, 0.717) is 22.9 Å². The molecule has 31 heavy (non-hydrogen) atoms. The summed E-state index contributed by atoms with van der Waals surface area (Å²) in [4.78, 5) is 25.6. The quantitative estimate of drug-likeness (QED) is 0.469. The Morgan fingerprint density at radius 1 is 0.839 bits per heavy atom. The van der Waals surface area contributed by atoms with Gasteiger partial charge in [-0.25, -0.2) is 0 Å². The number of para-hydroxylation sites is 1. The molecule has 1 aromatic heterocycles. The summed E-state index contributed by atoms with van der Waals surface area (Å²) in [7, 11) is 0. The molecule has 9 heteroatoms. The van der Waals surface area contributed by atoms with Gasteiger partial charge in [0.25, 0.3) is 11.8 Å². The number of amides is 2. The Hall–Kier alpha value is -4.53. The van der Waals surface area contributed by atoms with Crippen molar-refractivity contribution in [1.82, 2.24) is 31.1 Å². The van der Waals surface area contributed by atoms with E-state index in [4.69, 9.17) is 4.74 Å². The van der Waals surface area contributed by atoms with Crippen LogP contribution in [-0.4, -0.2) is 32.0 Å². The molecule has 0 aliphatic carbocycles. The molecule has 0 aliphatic heterocycles. The molecule has 0 aliphatic rings. The zero-order valence-corrected chi connectivity index (χ0v) is 16.3. The van der Waals surface area contributed by atoms with Crippen LogP contribution in [0, 0.1) is 0 Å². The number of rotatable bonds is 6. The second-order valence-electron chi connectivity index (χ2n) is 6.45. The lowest BCUT2D eigenvalue weighted by Crippen LogP contribution is -2.43. The summed E-state index contributed by atoms with van der Waals surface area (Å²) in [6, 6.07) is 25.1. The lowest BCUT2D eigenvalue weighted by atomic mass is 10.2. The first-order valence-electron chi connectivity index (χ1n) is 9.43. The summed E-state index contributed by atoms with van der Waals surface area (Å²) < 4.78 is 5.72. The van der Waals surface area contributed by atoms with Gasteiger partial charge in [-0.15, -0.1) is 10.2 Å². The fourth-order valence-electron chi connectivity index (χ4n) is 2.71. The first kappa shape index (κ1) is 19.8. The van der Waals surface area contributed by atoms with Gasteiger partial charge in [-0.3, -0.25) is 20.4 Å². The van der Waals surface area contributed by atoms with Gasteiger partial charge in [-0.2, -0.15) is 4.80 Å². The molecule has 3 aromatic carbocycles. The molecule has 2 amide bonds. The molecule has 9 nitrogen and oxygen atoms in total. The van der Waals surface area contributed by atoms with Crippen molar-refractivity contribution in [2.45, 2.75) is 6.54 Å². The van der Waals surface area contributed by atoms with Crippen molar-refractivity contribution < 1.29 is 14.3 Å². The first-order chi connectivity index (χ1) is 15.2. The Labute approximate surface area is 177 Å². The summed E-state index contributed by atoms with van der Waals surface area (Å²) in [6.07, 6.45) is 0. The van der Waals surface area contributed by atoms with E-state index in [-0.39, 0.29) is 6.54 Å². The van der Waals surface area contributed by atoms with Crippen LogP contribution in [0.25, 0.3) is 11.4 Å². The van der Waals surface area contributed by atoms with Crippen LogP contribution in [0.1, 0.15) is 10.4 Å². The first-order valence-corrected chi connectivity index (χ1v) is 9.43. The SMILES string of the molecule is O=C(Cn1nnc(-c2ccccc2)n1)NNC(=O)c1cccc(Oc2ccccc2)c1. The number of benzene rings is 3. The fraction of sp³-hybridized carbons (Fsp3) is 0.0455. The Kier molecular flexibility index (Phi) is 5.94. The van der Waals surface area contributed by atoms with Crippen molar-refractivity contribution in [2.75, 3.05) is 0 Å². The third-order valence-corrected chi connectivity index (χ3v) is 4.16. The minimum absolute atomic E-state index is 0.197. The highest BCUT2D eigenvalue weighted by Gasteiger charge is 2.11. The molecule has 1 heterocycles. The van der Waals surface area contributed by atoms with Gasteiger partial charge in [-0.05, 0) is 35.5 Å². The molecular formula is C22H18N6O3. The van der Waals surface area contributed by atoms with Crippen LogP contribution < -0.4 is 15.6 Å². The fourth-order valence-corrected chi connectivity index (χ4v) is 2.71. The van der Waals surface area contributed by atoms with Crippen LogP contribution in [0.15, 0.2) is 84.9 Å². The van der Waals surface area contributed by atoms with Gasteiger partial charge < -0.3 is 4.74 Å². The molecule has 0 unspecified atom stereocenters. The molecule has 4 rings (SSSR count). The van der Waals surface area contributed by atoms with Crippen molar-refractivity contribution in [3.63, 3.8) is 0 Å². The molecule has 4 aromatic rings. The minimum Gasteiger partial charge on any atom is -0.457 e. The number of hydrogen-bond donors (Lipinski definition) is 2. The van der Waals surface area contributed by atoms with E-state index in [2.05, 4.69) is 26.3 Å². The topological polar surface area (TPSA) is 111 Å². The highest BCUT2D eigenvalue weighted by atomic mass is 16.5. The van der Waals surface area contributed by atoms with Crippen LogP contribution in [0.2, 0.25) is 0 Å². The average molecular weight is 414 g/mol. The maximum atomic E-state index is 12.4. The molecule has 0 saturated carbocycles. The van der Waals surface area contributed by atoms with Gasteiger partial charge in [0.05, 0.1) is 0 Å². The van der Waals surface area contributed by atoms with Crippen molar-refractivity contribution in [1.29, 1.82) is 0 Å². The Morgan fingerprint density at radius 2 is 1.55 bits per heavy atom. The van der Waals surface area contributed by atoms with Gasteiger partial charge in [0.1, 0.15) is 18.0 Å². The number of carbonyl (C=O) groups excluding carboxylic acids is 2. The minimum atomic E-state index is -0.498. The number of hydrogen-bond acceptors (Lipinski definition) is 6. The highest BCUT2D eigenvalue weighted by molar-refractivity contribution is 5.95. The third kappa shape index (κ3) is 5.30. The van der Waals surface area contributed by atoms with Crippen molar-refractivity contribution in [3.05, 3.63) is 90.5 Å². The van der Waals surface area contributed by atoms with Crippen LogP contribution in [0.3, 0.4) is 0 Å². The van der Waals surface area contributed by atoms with Crippen LogP contribution >= 0.6 is 0 Å². The molecule has 2 N–H and O–H groups in total. The van der Waals surface area contributed by atoms with E-state index in [1.54, 1.807) is 24.3 Å². The van der Waals surface area contributed by atoms with Gasteiger partial charge in [0, 0.05) is 11.1 Å². The normalized spacial score (nSPS) is 10.3. The Bertz CT molecular complexity index is 1180. The van der Waals surface area contributed by atoms with Crippen LogP contribution in [0.4, 0.5) is 0 Å². The molecule has 154 valence electrons. The number of nitrogens with one attached hydrogen (secondary N) is 2. The van der Waals surface area contributed by atoms with E-state index in [1.807, 2.05) is 60.7 Å². The number of carbonyl (C=O) groups is 2. The van der Waals surface area contributed by atoms with Crippen LogP contribution in [-0.2, 0) is 11.3 Å². The molecule has 0 saturated heterocycles. The van der Waals surface area contributed by atoms with E-state index < -0.39 is 11.8 Å². The van der Waals surface area contributed by atoms with Crippen molar-refractivity contribution in [3.8, 4) is 22.9 Å². The highest BCUT2D eigenvalue weighted by Crippen LogP contribution is 2.21. The lowest BCUT2D eigenvalue weighted by Gasteiger charge is -2.09. The Morgan fingerprint density at radius 3 is 2.32 bits per heavy atom. The molecule has 0 radical (unpaired) electrons. The monoisotopic (exact) mass is 414 g/mol. The second-order valence-corrected chi connectivity index (χ2v) is 6.45. The molecule has 0 bridgehead atoms. The van der Waals surface area contributed by atoms with Gasteiger partial charge >= 0.3 is 0 Å². The predicted octanol–water partition coefficient (Wildman–Crippen LogP) is 2.59. The third-order valence-electron chi connectivity index (χ3n) is 4.16. The summed E-state index contributed by atoms with van der Waals surface area (Å²) in [5.74, 6) is 0.590. The second kappa shape index (κ2) is 9.31. The van der Waals surface area contributed by atoms with Crippen molar-refractivity contribution in [2.24, 2.45) is 0 Å².